The molecule has 3 rings (SSSR count). The van der Waals surface area contributed by atoms with Gasteiger partial charge >= 0.3 is 0 Å². The molecule has 0 aliphatic rings. The van der Waals surface area contributed by atoms with Gasteiger partial charge in [-0.15, -0.1) is 0 Å². The molecule has 0 aliphatic heterocycles. The second-order valence-electron chi connectivity index (χ2n) is 5.76. The lowest BCUT2D eigenvalue weighted by Gasteiger charge is -2.09. The Labute approximate surface area is 150 Å². The molecule has 7 heteroatoms. The zero-order valence-electron chi connectivity index (χ0n) is 14.2. The number of aromatic nitrogens is 3. The highest BCUT2D eigenvalue weighted by atomic mass is 35.5. The average molecular weight is 356 g/mol. The van der Waals surface area contributed by atoms with Gasteiger partial charge in [-0.25, -0.2) is 4.98 Å². The molecule has 1 aromatic carbocycles. The second kappa shape index (κ2) is 6.57. The van der Waals surface area contributed by atoms with E-state index in [2.05, 4.69) is 15.4 Å². The van der Waals surface area contributed by atoms with E-state index in [0.717, 1.165) is 22.5 Å². The number of benzene rings is 1. The highest BCUT2D eigenvalue weighted by Gasteiger charge is 2.16. The first-order valence-corrected chi connectivity index (χ1v) is 8.08. The van der Waals surface area contributed by atoms with Gasteiger partial charge in [-0.1, -0.05) is 11.6 Å². The first-order chi connectivity index (χ1) is 11.9. The summed E-state index contributed by atoms with van der Waals surface area (Å²) in [5, 5.41) is 7.71. The Balaban J connectivity index is 1.87. The van der Waals surface area contributed by atoms with E-state index in [9.17, 15) is 4.79 Å². The first-order valence-electron chi connectivity index (χ1n) is 7.71. The molecule has 0 aliphatic carbocycles. The quantitative estimate of drug-likeness (QED) is 0.751. The van der Waals surface area contributed by atoms with Crippen molar-refractivity contribution in [2.24, 2.45) is 7.05 Å². The summed E-state index contributed by atoms with van der Waals surface area (Å²) in [6.07, 6.45) is 0. The van der Waals surface area contributed by atoms with Crippen LogP contribution in [0.2, 0.25) is 5.02 Å². The highest BCUT2D eigenvalue weighted by molar-refractivity contribution is 6.30. The van der Waals surface area contributed by atoms with Crippen LogP contribution in [0.1, 0.15) is 21.7 Å². The summed E-state index contributed by atoms with van der Waals surface area (Å²) in [6, 6.07) is 10.2. The number of rotatable bonds is 3. The third kappa shape index (κ3) is 3.34. The van der Waals surface area contributed by atoms with Gasteiger partial charge in [0.25, 0.3) is 5.91 Å². The highest BCUT2D eigenvalue weighted by Crippen LogP contribution is 2.31. The molecule has 0 saturated carbocycles. The third-order valence-corrected chi connectivity index (χ3v) is 4.30. The van der Waals surface area contributed by atoms with E-state index in [4.69, 9.17) is 17.3 Å². The first kappa shape index (κ1) is 17.0. The molecule has 2 heterocycles. The fourth-order valence-corrected chi connectivity index (χ4v) is 2.84. The fourth-order valence-electron chi connectivity index (χ4n) is 2.71. The molecule has 2 aromatic heterocycles. The van der Waals surface area contributed by atoms with Crippen molar-refractivity contribution in [3.8, 4) is 11.1 Å². The molecular weight excluding hydrogens is 338 g/mol. The molecular formula is C18H18ClN5O. The molecule has 25 heavy (non-hydrogen) atoms. The summed E-state index contributed by atoms with van der Waals surface area (Å²) in [6.45, 7) is 3.91. The summed E-state index contributed by atoms with van der Waals surface area (Å²) in [4.78, 5) is 16.6. The monoisotopic (exact) mass is 355 g/mol. The maximum absolute atomic E-state index is 12.3. The maximum atomic E-state index is 12.3. The standard InChI is InChI=1S/C18H18ClN5O/c1-10-16(11(2)24(3)23-10)14-8-9-15(21-17(14)20)22-18(25)12-4-6-13(19)7-5-12/h4-9H,1-3H3,(H3,20,21,22,25). The van der Waals surface area contributed by atoms with E-state index in [1.54, 1.807) is 35.0 Å². The molecule has 0 spiro atoms. The van der Waals surface area contributed by atoms with Gasteiger partial charge in [-0.2, -0.15) is 5.10 Å². The van der Waals surface area contributed by atoms with Gasteiger partial charge in [0.1, 0.15) is 11.6 Å². The summed E-state index contributed by atoms with van der Waals surface area (Å²) in [7, 11) is 1.89. The number of aryl methyl sites for hydroxylation is 2. The van der Waals surface area contributed by atoms with Crippen LogP contribution in [0.25, 0.3) is 11.1 Å². The van der Waals surface area contributed by atoms with E-state index in [-0.39, 0.29) is 5.91 Å². The molecule has 3 N–H and O–H groups in total. The van der Waals surface area contributed by atoms with Crippen LogP contribution in [0.4, 0.5) is 11.6 Å². The third-order valence-electron chi connectivity index (χ3n) is 4.05. The van der Waals surface area contributed by atoms with Gasteiger partial charge in [0.05, 0.1) is 5.69 Å². The molecule has 0 atom stereocenters. The average Bonchev–Trinajstić information content (AvgIpc) is 2.81. The van der Waals surface area contributed by atoms with Crippen LogP contribution in [0.3, 0.4) is 0 Å². The number of carbonyl (C=O) groups is 1. The molecule has 3 aromatic rings. The second-order valence-corrected chi connectivity index (χ2v) is 6.20. The van der Waals surface area contributed by atoms with E-state index in [0.29, 0.717) is 22.2 Å². The van der Waals surface area contributed by atoms with Crippen LogP contribution < -0.4 is 11.1 Å². The van der Waals surface area contributed by atoms with Crippen LogP contribution in [0.15, 0.2) is 36.4 Å². The summed E-state index contributed by atoms with van der Waals surface area (Å²) in [5.41, 5.74) is 10.3. The van der Waals surface area contributed by atoms with Crippen molar-refractivity contribution in [2.75, 3.05) is 11.1 Å². The smallest absolute Gasteiger partial charge is 0.256 e. The minimum absolute atomic E-state index is 0.273. The number of pyridine rings is 1. The number of amides is 1. The normalized spacial score (nSPS) is 10.7. The summed E-state index contributed by atoms with van der Waals surface area (Å²) in [5.74, 6) is 0.457. The molecule has 1 amide bonds. The number of anilines is 2. The van der Waals surface area contributed by atoms with E-state index in [1.165, 1.54) is 0 Å². The van der Waals surface area contributed by atoms with Gasteiger partial charge in [-0.3, -0.25) is 9.48 Å². The van der Waals surface area contributed by atoms with Crippen molar-refractivity contribution in [1.29, 1.82) is 0 Å². The lowest BCUT2D eigenvalue weighted by Crippen LogP contribution is -2.13. The molecule has 0 fully saturated rings. The molecule has 128 valence electrons. The lowest BCUT2D eigenvalue weighted by molar-refractivity contribution is 0.102. The Hall–Kier alpha value is -2.86. The number of carbonyl (C=O) groups excluding carboxylic acids is 1. The fraction of sp³-hybridized carbons (Fsp3) is 0.167. The topological polar surface area (TPSA) is 85.8 Å². The Morgan fingerprint density at radius 2 is 1.84 bits per heavy atom. The van der Waals surface area contributed by atoms with Gasteiger partial charge < -0.3 is 11.1 Å². The van der Waals surface area contributed by atoms with Crippen molar-refractivity contribution in [2.45, 2.75) is 13.8 Å². The lowest BCUT2D eigenvalue weighted by atomic mass is 10.0. The number of halogens is 1. The van der Waals surface area contributed by atoms with Gasteiger partial charge in [0, 0.05) is 34.5 Å². The van der Waals surface area contributed by atoms with E-state index in [1.807, 2.05) is 27.0 Å². The van der Waals surface area contributed by atoms with Gasteiger partial charge in [0.15, 0.2) is 0 Å². The van der Waals surface area contributed by atoms with Crippen molar-refractivity contribution >= 4 is 29.1 Å². The summed E-state index contributed by atoms with van der Waals surface area (Å²) < 4.78 is 1.81. The molecule has 6 nitrogen and oxygen atoms in total. The number of nitrogens with two attached hydrogens (primary N) is 1. The maximum Gasteiger partial charge on any atom is 0.256 e. The van der Waals surface area contributed by atoms with Crippen molar-refractivity contribution in [1.82, 2.24) is 14.8 Å². The minimum atomic E-state index is -0.273. The largest absolute Gasteiger partial charge is 0.383 e. The van der Waals surface area contributed by atoms with Gasteiger partial charge in [-0.05, 0) is 50.2 Å². The number of hydrogen-bond donors (Lipinski definition) is 2. The Morgan fingerprint density at radius 1 is 1.16 bits per heavy atom. The Kier molecular flexibility index (Phi) is 4.46. The predicted octanol–water partition coefficient (Wildman–Crippen LogP) is 3.59. The number of nitrogen functional groups attached to an aromatic ring is 1. The molecule has 0 radical (unpaired) electrons. The number of hydrogen-bond acceptors (Lipinski definition) is 4. The van der Waals surface area contributed by atoms with Crippen LogP contribution in [-0.2, 0) is 7.05 Å². The minimum Gasteiger partial charge on any atom is -0.383 e. The van der Waals surface area contributed by atoms with E-state index >= 15 is 0 Å². The Morgan fingerprint density at radius 3 is 2.40 bits per heavy atom. The van der Waals surface area contributed by atoms with Crippen molar-refractivity contribution < 1.29 is 4.79 Å². The van der Waals surface area contributed by atoms with Crippen LogP contribution in [0.5, 0.6) is 0 Å². The van der Waals surface area contributed by atoms with Crippen LogP contribution >= 0.6 is 11.6 Å². The van der Waals surface area contributed by atoms with Crippen molar-refractivity contribution in [3.63, 3.8) is 0 Å². The summed E-state index contributed by atoms with van der Waals surface area (Å²) >= 11 is 5.83. The Bertz CT molecular complexity index is 947. The molecule has 0 saturated heterocycles. The van der Waals surface area contributed by atoms with Crippen LogP contribution in [-0.4, -0.2) is 20.7 Å². The van der Waals surface area contributed by atoms with E-state index < -0.39 is 0 Å². The predicted molar refractivity (Wildman–Crippen MR) is 99.7 cm³/mol. The zero-order chi connectivity index (χ0) is 18.1. The van der Waals surface area contributed by atoms with Gasteiger partial charge in [0.2, 0.25) is 0 Å². The number of nitrogens with zero attached hydrogens (tertiary/aromatic N) is 3. The molecule has 0 bridgehead atoms. The number of nitrogens with one attached hydrogen (secondary N) is 1. The SMILES string of the molecule is Cc1nn(C)c(C)c1-c1ccc(NC(=O)c2ccc(Cl)cc2)nc1N. The van der Waals surface area contributed by atoms with Crippen molar-refractivity contribution in [3.05, 3.63) is 58.4 Å². The van der Waals surface area contributed by atoms with Crippen LogP contribution in [0, 0.1) is 13.8 Å². The zero-order valence-corrected chi connectivity index (χ0v) is 14.9. The molecule has 0 unspecified atom stereocenters.